The number of methoxy groups -OCH3 is 2. The lowest BCUT2D eigenvalue weighted by atomic mass is 9.65. The summed E-state index contributed by atoms with van der Waals surface area (Å²) >= 11 is 0. The van der Waals surface area contributed by atoms with Gasteiger partial charge in [-0.25, -0.2) is 0 Å². The third-order valence-electron chi connectivity index (χ3n) is 6.69. The van der Waals surface area contributed by atoms with E-state index in [4.69, 9.17) is 14.2 Å². The second-order valence-corrected chi connectivity index (χ2v) is 9.06. The second-order valence-electron chi connectivity index (χ2n) is 9.06. The Balaban J connectivity index is 2.89. The Kier molecular flexibility index (Phi) is 8.72. The first-order valence-corrected chi connectivity index (χ1v) is 9.82. The summed E-state index contributed by atoms with van der Waals surface area (Å²) < 4.78 is 17.8. The van der Waals surface area contributed by atoms with E-state index in [2.05, 4.69) is 41.5 Å². The molecule has 3 nitrogen and oxygen atoms in total. The van der Waals surface area contributed by atoms with E-state index in [1.165, 1.54) is 19.3 Å². The Morgan fingerprint density at radius 3 is 2.04 bits per heavy atom. The molecule has 0 N–H and O–H groups in total. The summed E-state index contributed by atoms with van der Waals surface area (Å²) in [7, 11) is 3.57. The number of rotatable bonds is 10. The Morgan fingerprint density at radius 1 is 1.00 bits per heavy atom. The molecule has 1 aliphatic carbocycles. The van der Waals surface area contributed by atoms with Gasteiger partial charge in [0.2, 0.25) is 0 Å². The summed E-state index contributed by atoms with van der Waals surface area (Å²) in [5, 5.41) is 0. The van der Waals surface area contributed by atoms with Crippen molar-refractivity contribution in [3.63, 3.8) is 0 Å². The molecule has 1 rings (SSSR count). The number of hydrogen-bond acceptors (Lipinski definition) is 3. The van der Waals surface area contributed by atoms with E-state index in [-0.39, 0.29) is 10.8 Å². The van der Waals surface area contributed by atoms with Crippen LogP contribution in [-0.2, 0) is 14.2 Å². The van der Waals surface area contributed by atoms with Crippen molar-refractivity contribution in [1.29, 1.82) is 0 Å². The molecule has 1 aliphatic rings. The SMILES string of the molecule is CCC(C)(C)C(COC)(COC)COC1CCC(C)CC1C(C)C. The lowest BCUT2D eigenvalue weighted by Gasteiger charge is -2.47. The molecule has 0 heterocycles. The minimum absolute atomic E-state index is 0.101. The predicted octanol–water partition coefficient (Wildman–Crippen LogP) is 5.18. The molecule has 0 radical (unpaired) electrons. The zero-order valence-electron chi connectivity index (χ0n) is 17.5. The van der Waals surface area contributed by atoms with Gasteiger partial charge in [0.15, 0.2) is 0 Å². The van der Waals surface area contributed by atoms with Gasteiger partial charge in [-0.2, -0.15) is 0 Å². The maximum atomic E-state index is 6.60. The molecule has 3 heteroatoms. The van der Waals surface area contributed by atoms with Gasteiger partial charge in [0.25, 0.3) is 0 Å². The molecule has 144 valence electrons. The smallest absolute Gasteiger partial charge is 0.0606 e. The first-order chi connectivity index (χ1) is 11.2. The quantitative estimate of drug-likeness (QED) is 0.547. The van der Waals surface area contributed by atoms with Gasteiger partial charge in [0, 0.05) is 19.6 Å². The van der Waals surface area contributed by atoms with E-state index in [0.717, 1.165) is 18.9 Å². The largest absolute Gasteiger partial charge is 0.384 e. The molecule has 0 bridgehead atoms. The second kappa shape index (κ2) is 9.54. The Labute approximate surface area is 150 Å². The van der Waals surface area contributed by atoms with E-state index in [0.29, 0.717) is 31.2 Å². The fourth-order valence-corrected chi connectivity index (χ4v) is 4.21. The highest BCUT2D eigenvalue weighted by atomic mass is 16.5. The standard InChI is InChI=1S/C21H42O3/c1-9-20(5,6)21(13-22-7,14-23-8)15-24-19-11-10-17(4)12-18(19)16(2)3/h16-19H,9-15H2,1-8H3. The van der Waals surface area contributed by atoms with Crippen LogP contribution in [0, 0.1) is 28.6 Å². The lowest BCUT2D eigenvalue weighted by Crippen LogP contribution is -2.50. The van der Waals surface area contributed by atoms with Gasteiger partial charge in [0.1, 0.15) is 0 Å². The molecular weight excluding hydrogens is 300 g/mol. The van der Waals surface area contributed by atoms with Gasteiger partial charge in [-0.3, -0.25) is 0 Å². The van der Waals surface area contributed by atoms with Gasteiger partial charge >= 0.3 is 0 Å². The van der Waals surface area contributed by atoms with Crippen molar-refractivity contribution in [2.45, 2.75) is 73.3 Å². The fraction of sp³-hybridized carbons (Fsp3) is 1.00. The first-order valence-electron chi connectivity index (χ1n) is 9.82. The van der Waals surface area contributed by atoms with Crippen LogP contribution in [0.5, 0.6) is 0 Å². The Hall–Kier alpha value is -0.120. The highest BCUT2D eigenvalue weighted by Crippen LogP contribution is 2.44. The van der Waals surface area contributed by atoms with Crippen LogP contribution >= 0.6 is 0 Å². The van der Waals surface area contributed by atoms with Crippen molar-refractivity contribution in [3.05, 3.63) is 0 Å². The molecule has 24 heavy (non-hydrogen) atoms. The molecule has 1 fully saturated rings. The first kappa shape index (κ1) is 21.9. The summed E-state index contributed by atoms with van der Waals surface area (Å²) in [6.45, 7) is 16.0. The third-order valence-corrected chi connectivity index (χ3v) is 6.69. The molecule has 0 amide bonds. The average Bonchev–Trinajstić information content (AvgIpc) is 2.53. The molecule has 0 spiro atoms. The minimum atomic E-state index is -0.101. The molecule has 3 atom stereocenters. The van der Waals surface area contributed by atoms with Crippen LogP contribution in [0.25, 0.3) is 0 Å². The summed E-state index contributed by atoms with van der Waals surface area (Å²) in [5.74, 6) is 2.17. The van der Waals surface area contributed by atoms with E-state index in [9.17, 15) is 0 Å². The zero-order chi connectivity index (χ0) is 18.4. The van der Waals surface area contributed by atoms with Crippen LogP contribution in [0.3, 0.4) is 0 Å². The van der Waals surface area contributed by atoms with E-state index in [1.807, 2.05) is 0 Å². The molecule has 0 aromatic heterocycles. The topological polar surface area (TPSA) is 27.7 Å². The van der Waals surface area contributed by atoms with E-state index >= 15 is 0 Å². The monoisotopic (exact) mass is 342 g/mol. The van der Waals surface area contributed by atoms with Crippen LogP contribution in [0.15, 0.2) is 0 Å². The van der Waals surface area contributed by atoms with Crippen molar-refractivity contribution in [2.75, 3.05) is 34.0 Å². The summed E-state index contributed by atoms with van der Waals surface area (Å²) in [4.78, 5) is 0. The van der Waals surface area contributed by atoms with Crippen LogP contribution in [0.1, 0.15) is 67.2 Å². The van der Waals surface area contributed by atoms with Gasteiger partial charge in [0.05, 0.1) is 25.9 Å². The van der Waals surface area contributed by atoms with Crippen molar-refractivity contribution < 1.29 is 14.2 Å². The maximum absolute atomic E-state index is 6.60. The third kappa shape index (κ3) is 5.19. The molecule has 3 unspecified atom stereocenters. The minimum Gasteiger partial charge on any atom is -0.384 e. The zero-order valence-corrected chi connectivity index (χ0v) is 17.5. The van der Waals surface area contributed by atoms with Crippen LogP contribution in [-0.4, -0.2) is 40.1 Å². The highest BCUT2D eigenvalue weighted by molar-refractivity contribution is 4.93. The van der Waals surface area contributed by atoms with Crippen molar-refractivity contribution in [2.24, 2.45) is 28.6 Å². The summed E-state index contributed by atoms with van der Waals surface area (Å²) in [6, 6.07) is 0. The van der Waals surface area contributed by atoms with Gasteiger partial charge in [-0.15, -0.1) is 0 Å². The molecule has 1 saturated carbocycles. The van der Waals surface area contributed by atoms with Gasteiger partial charge in [-0.1, -0.05) is 48.0 Å². The molecule has 0 aliphatic heterocycles. The number of hydrogen-bond donors (Lipinski definition) is 0. The van der Waals surface area contributed by atoms with E-state index < -0.39 is 0 Å². The summed E-state index contributed by atoms with van der Waals surface area (Å²) in [5.41, 5.74) is 0.00412. The molecule has 0 aromatic rings. The number of ether oxygens (including phenoxy) is 3. The van der Waals surface area contributed by atoms with Gasteiger partial charge < -0.3 is 14.2 Å². The molecular formula is C21H42O3. The van der Waals surface area contributed by atoms with Crippen molar-refractivity contribution in [1.82, 2.24) is 0 Å². The molecule has 0 aromatic carbocycles. The lowest BCUT2D eigenvalue weighted by molar-refractivity contribution is -0.147. The Morgan fingerprint density at radius 2 is 1.58 bits per heavy atom. The normalized spacial score (nSPS) is 26.1. The van der Waals surface area contributed by atoms with Crippen LogP contribution < -0.4 is 0 Å². The average molecular weight is 343 g/mol. The van der Waals surface area contributed by atoms with Gasteiger partial charge in [-0.05, 0) is 42.4 Å². The van der Waals surface area contributed by atoms with Crippen LogP contribution in [0.2, 0.25) is 0 Å². The maximum Gasteiger partial charge on any atom is 0.0606 e. The Bertz CT molecular complexity index is 345. The van der Waals surface area contributed by atoms with Crippen molar-refractivity contribution in [3.8, 4) is 0 Å². The predicted molar refractivity (Wildman–Crippen MR) is 101 cm³/mol. The highest BCUT2D eigenvalue weighted by Gasteiger charge is 2.45. The van der Waals surface area contributed by atoms with E-state index in [1.54, 1.807) is 14.2 Å². The summed E-state index contributed by atoms with van der Waals surface area (Å²) in [6.07, 6.45) is 5.22. The van der Waals surface area contributed by atoms with Crippen LogP contribution in [0.4, 0.5) is 0 Å². The fourth-order valence-electron chi connectivity index (χ4n) is 4.21. The van der Waals surface area contributed by atoms with Crippen molar-refractivity contribution >= 4 is 0 Å². The molecule has 0 saturated heterocycles.